The van der Waals surface area contributed by atoms with Crippen LogP contribution >= 0.6 is 11.8 Å². The standard InChI is InChI=1S/C21H25N3O2S2/c1-3-4-9-20-23-21(27-2)15-24(20)14-16-10-12-17(13-11-16)18-7-5-6-8-19(18)28(22,25)26/h5-8,10-13,15H,3-4,9,14H2,1-2H3,(H2,22,25,26). The summed E-state index contributed by atoms with van der Waals surface area (Å²) in [5.41, 5.74) is 2.59. The summed E-state index contributed by atoms with van der Waals surface area (Å²) in [6.07, 6.45) is 7.36. The molecule has 0 unspecified atom stereocenters. The number of sulfonamides is 1. The number of primary sulfonamides is 1. The van der Waals surface area contributed by atoms with E-state index in [1.807, 2.05) is 36.6 Å². The first kappa shape index (κ1) is 20.6. The van der Waals surface area contributed by atoms with Gasteiger partial charge in [-0.15, -0.1) is 11.8 Å². The fraction of sp³-hybridized carbons (Fsp3) is 0.286. The number of unbranched alkanes of at least 4 members (excludes halogenated alkanes) is 1. The van der Waals surface area contributed by atoms with Crippen LogP contribution in [0.5, 0.6) is 0 Å². The number of aryl methyl sites for hydroxylation is 1. The largest absolute Gasteiger partial charge is 0.329 e. The molecule has 0 aliphatic carbocycles. The van der Waals surface area contributed by atoms with Crippen molar-refractivity contribution in [1.29, 1.82) is 0 Å². The highest BCUT2D eigenvalue weighted by Gasteiger charge is 2.14. The predicted molar refractivity (Wildman–Crippen MR) is 115 cm³/mol. The summed E-state index contributed by atoms with van der Waals surface area (Å²) in [4.78, 5) is 4.85. The zero-order chi connectivity index (χ0) is 20.1. The minimum Gasteiger partial charge on any atom is -0.329 e. The monoisotopic (exact) mass is 415 g/mol. The topological polar surface area (TPSA) is 78.0 Å². The van der Waals surface area contributed by atoms with Gasteiger partial charge in [0.1, 0.15) is 10.9 Å². The average Bonchev–Trinajstić information content (AvgIpc) is 3.08. The van der Waals surface area contributed by atoms with Crippen LogP contribution in [0.4, 0.5) is 0 Å². The number of rotatable bonds is 8. The second kappa shape index (κ2) is 8.94. The smallest absolute Gasteiger partial charge is 0.238 e. The average molecular weight is 416 g/mol. The molecule has 28 heavy (non-hydrogen) atoms. The number of hydrogen-bond donors (Lipinski definition) is 1. The highest BCUT2D eigenvalue weighted by Crippen LogP contribution is 2.27. The van der Waals surface area contributed by atoms with E-state index in [4.69, 9.17) is 10.1 Å². The van der Waals surface area contributed by atoms with Crippen LogP contribution in [0.3, 0.4) is 0 Å². The summed E-state index contributed by atoms with van der Waals surface area (Å²) < 4.78 is 25.9. The molecular formula is C21H25N3O2S2. The highest BCUT2D eigenvalue weighted by molar-refractivity contribution is 7.98. The maximum atomic E-state index is 11.9. The van der Waals surface area contributed by atoms with Gasteiger partial charge in [0.05, 0.1) is 4.90 Å². The van der Waals surface area contributed by atoms with Crippen LogP contribution in [-0.2, 0) is 23.0 Å². The Hall–Kier alpha value is -2.09. The number of benzene rings is 2. The lowest BCUT2D eigenvalue weighted by atomic mass is 10.0. The lowest BCUT2D eigenvalue weighted by Crippen LogP contribution is -2.13. The van der Waals surface area contributed by atoms with E-state index in [9.17, 15) is 8.42 Å². The summed E-state index contributed by atoms with van der Waals surface area (Å²) >= 11 is 1.65. The molecule has 3 aromatic rings. The lowest BCUT2D eigenvalue weighted by molar-refractivity contribution is 0.598. The number of nitrogens with two attached hydrogens (primary N) is 1. The molecule has 0 aliphatic heterocycles. The molecule has 2 N–H and O–H groups in total. The van der Waals surface area contributed by atoms with Gasteiger partial charge >= 0.3 is 0 Å². The molecule has 148 valence electrons. The SMILES string of the molecule is CCCCc1nc(SC)cn1Cc1ccc(-c2ccccc2S(N)(=O)=O)cc1. The molecule has 1 aromatic heterocycles. The Labute approximate surface area is 171 Å². The van der Waals surface area contributed by atoms with Crippen molar-refractivity contribution in [3.05, 3.63) is 66.1 Å². The van der Waals surface area contributed by atoms with E-state index in [0.717, 1.165) is 47.8 Å². The number of nitrogens with zero attached hydrogens (tertiary/aromatic N) is 2. The molecule has 0 saturated carbocycles. The molecule has 0 fully saturated rings. The fourth-order valence-electron chi connectivity index (χ4n) is 3.14. The van der Waals surface area contributed by atoms with Crippen LogP contribution < -0.4 is 5.14 Å². The molecule has 1 heterocycles. The summed E-state index contributed by atoms with van der Waals surface area (Å²) in [7, 11) is -3.77. The molecule has 0 bridgehead atoms. The highest BCUT2D eigenvalue weighted by atomic mass is 32.2. The van der Waals surface area contributed by atoms with Crippen molar-refractivity contribution < 1.29 is 8.42 Å². The molecule has 2 aromatic carbocycles. The molecule has 0 aliphatic rings. The van der Waals surface area contributed by atoms with E-state index in [0.29, 0.717) is 5.56 Å². The van der Waals surface area contributed by atoms with Crippen LogP contribution in [0.1, 0.15) is 31.2 Å². The summed E-state index contributed by atoms with van der Waals surface area (Å²) in [5.74, 6) is 1.11. The van der Waals surface area contributed by atoms with Gasteiger partial charge in [0.2, 0.25) is 10.0 Å². The third-order valence-corrected chi connectivity index (χ3v) is 6.20. The van der Waals surface area contributed by atoms with E-state index in [-0.39, 0.29) is 4.90 Å². The predicted octanol–water partition coefficient (Wildman–Crippen LogP) is 4.31. The molecule has 0 radical (unpaired) electrons. The molecule has 0 atom stereocenters. The normalized spacial score (nSPS) is 11.7. The zero-order valence-corrected chi connectivity index (χ0v) is 17.8. The Kier molecular flexibility index (Phi) is 6.59. The van der Waals surface area contributed by atoms with Crippen LogP contribution in [0.2, 0.25) is 0 Å². The number of thioether (sulfide) groups is 1. The van der Waals surface area contributed by atoms with Crippen LogP contribution in [-0.4, -0.2) is 24.2 Å². The molecule has 0 amide bonds. The van der Waals surface area contributed by atoms with Gasteiger partial charge in [0.25, 0.3) is 0 Å². The Bertz CT molecular complexity index is 1040. The van der Waals surface area contributed by atoms with Crippen molar-refractivity contribution in [2.45, 2.75) is 42.7 Å². The van der Waals surface area contributed by atoms with Gasteiger partial charge in [-0.05, 0) is 29.9 Å². The van der Waals surface area contributed by atoms with Gasteiger partial charge in [-0.3, -0.25) is 0 Å². The maximum absolute atomic E-state index is 11.9. The van der Waals surface area contributed by atoms with Gasteiger partial charge in [0, 0.05) is 24.7 Å². The van der Waals surface area contributed by atoms with Crippen molar-refractivity contribution in [1.82, 2.24) is 9.55 Å². The van der Waals surface area contributed by atoms with Crippen molar-refractivity contribution in [3.8, 4) is 11.1 Å². The number of hydrogen-bond acceptors (Lipinski definition) is 4. The van der Waals surface area contributed by atoms with Crippen LogP contribution in [0.15, 0.2) is 64.6 Å². The van der Waals surface area contributed by atoms with Crippen LogP contribution in [0.25, 0.3) is 11.1 Å². The first-order valence-corrected chi connectivity index (χ1v) is 12.0. The summed E-state index contributed by atoms with van der Waals surface area (Å²) in [6.45, 7) is 2.92. The van der Waals surface area contributed by atoms with Gasteiger partial charge in [-0.1, -0.05) is 55.8 Å². The summed E-state index contributed by atoms with van der Waals surface area (Å²) in [6, 6.07) is 14.7. The third-order valence-electron chi connectivity index (χ3n) is 4.61. The zero-order valence-electron chi connectivity index (χ0n) is 16.1. The number of aromatic nitrogens is 2. The van der Waals surface area contributed by atoms with E-state index >= 15 is 0 Å². The van der Waals surface area contributed by atoms with Gasteiger partial charge in [0.15, 0.2) is 0 Å². The van der Waals surface area contributed by atoms with E-state index < -0.39 is 10.0 Å². The Morgan fingerprint density at radius 3 is 2.46 bits per heavy atom. The fourth-order valence-corrected chi connectivity index (χ4v) is 4.33. The second-order valence-corrected chi connectivity index (χ2v) is 9.03. The third kappa shape index (κ3) is 4.84. The maximum Gasteiger partial charge on any atom is 0.238 e. The first-order valence-electron chi connectivity index (χ1n) is 9.23. The molecule has 0 saturated heterocycles. The van der Waals surface area contributed by atoms with Crippen molar-refractivity contribution in [2.75, 3.05) is 6.26 Å². The van der Waals surface area contributed by atoms with Crippen molar-refractivity contribution in [3.63, 3.8) is 0 Å². The molecule has 7 heteroatoms. The summed E-state index contributed by atoms with van der Waals surface area (Å²) in [5, 5.41) is 6.39. The van der Waals surface area contributed by atoms with E-state index in [2.05, 4.69) is 17.7 Å². The number of imidazole rings is 1. The second-order valence-electron chi connectivity index (χ2n) is 6.67. The molecule has 0 spiro atoms. The quantitative estimate of drug-likeness (QED) is 0.556. The lowest BCUT2D eigenvalue weighted by Gasteiger charge is -2.10. The van der Waals surface area contributed by atoms with Crippen LogP contribution in [0, 0.1) is 0 Å². The Morgan fingerprint density at radius 2 is 1.82 bits per heavy atom. The van der Waals surface area contributed by atoms with Crippen molar-refractivity contribution in [2.24, 2.45) is 5.14 Å². The molecular weight excluding hydrogens is 390 g/mol. The Balaban J connectivity index is 1.86. The van der Waals surface area contributed by atoms with Gasteiger partial charge in [-0.2, -0.15) is 0 Å². The van der Waals surface area contributed by atoms with E-state index in [1.54, 1.807) is 23.9 Å². The Morgan fingerprint density at radius 1 is 1.11 bits per heavy atom. The van der Waals surface area contributed by atoms with Gasteiger partial charge in [-0.25, -0.2) is 18.5 Å². The molecule has 5 nitrogen and oxygen atoms in total. The van der Waals surface area contributed by atoms with Crippen molar-refractivity contribution >= 4 is 21.8 Å². The molecule has 3 rings (SSSR count). The minimum atomic E-state index is -3.77. The van der Waals surface area contributed by atoms with E-state index in [1.165, 1.54) is 6.07 Å². The minimum absolute atomic E-state index is 0.142. The van der Waals surface area contributed by atoms with Gasteiger partial charge < -0.3 is 4.57 Å². The first-order chi connectivity index (χ1) is 13.4.